The number of ether oxygens (including phenoxy) is 3. The van der Waals surface area contributed by atoms with Crippen LogP contribution in [-0.4, -0.2) is 26.3 Å². The summed E-state index contributed by atoms with van der Waals surface area (Å²) in [5, 5.41) is 0. The third kappa shape index (κ3) is 1.76. The summed E-state index contributed by atoms with van der Waals surface area (Å²) in [4.78, 5) is 14.5. The van der Waals surface area contributed by atoms with Gasteiger partial charge >= 0.3 is 5.97 Å². The van der Waals surface area contributed by atoms with Crippen LogP contribution in [0.5, 0.6) is 11.5 Å². The van der Waals surface area contributed by atoms with Crippen molar-refractivity contribution in [2.45, 2.75) is 0 Å². The minimum atomic E-state index is -0.829. The highest BCUT2D eigenvalue weighted by Gasteiger charge is 2.27. The fourth-order valence-corrected chi connectivity index (χ4v) is 1.53. The standard InChI is InChI=1S/C11H8FNO4/c1-13-8-7(12)5-6(11(14)15-2)9-10(8)17-4-3-16-9/h5H,3-4H2,2H3. The number of halogens is 1. The quantitative estimate of drug-likeness (QED) is 0.553. The molecule has 0 radical (unpaired) electrons. The molecule has 0 fully saturated rings. The normalized spacial score (nSPS) is 12.8. The van der Waals surface area contributed by atoms with Gasteiger partial charge in [0.15, 0.2) is 11.5 Å². The molecule has 0 spiro atoms. The van der Waals surface area contributed by atoms with Gasteiger partial charge in [0.05, 0.1) is 13.7 Å². The Kier molecular flexibility index (Phi) is 2.83. The highest BCUT2D eigenvalue weighted by molar-refractivity contribution is 5.95. The van der Waals surface area contributed by atoms with E-state index in [2.05, 4.69) is 9.58 Å². The minimum absolute atomic E-state index is 0.0355. The van der Waals surface area contributed by atoms with Crippen LogP contribution in [0.3, 0.4) is 0 Å². The summed E-state index contributed by atoms with van der Waals surface area (Å²) < 4.78 is 28.5. The first-order chi connectivity index (χ1) is 8.19. The van der Waals surface area contributed by atoms with Crippen molar-refractivity contribution in [1.82, 2.24) is 0 Å². The third-order valence-electron chi connectivity index (χ3n) is 2.26. The number of hydrogen-bond donors (Lipinski definition) is 0. The molecule has 0 atom stereocenters. The van der Waals surface area contributed by atoms with Gasteiger partial charge in [-0.1, -0.05) is 0 Å². The number of carbonyl (C=O) groups excluding carboxylic acids is 1. The van der Waals surface area contributed by atoms with E-state index in [-0.39, 0.29) is 36.0 Å². The topological polar surface area (TPSA) is 49.1 Å². The molecule has 0 saturated carbocycles. The predicted molar refractivity (Wildman–Crippen MR) is 55.0 cm³/mol. The molecular weight excluding hydrogens is 229 g/mol. The lowest BCUT2D eigenvalue weighted by atomic mass is 10.1. The lowest BCUT2D eigenvalue weighted by Gasteiger charge is -2.21. The molecule has 1 heterocycles. The lowest BCUT2D eigenvalue weighted by molar-refractivity contribution is 0.0590. The highest BCUT2D eigenvalue weighted by atomic mass is 19.1. The second-order valence-electron chi connectivity index (χ2n) is 3.21. The van der Waals surface area contributed by atoms with Gasteiger partial charge < -0.3 is 14.2 Å². The van der Waals surface area contributed by atoms with Gasteiger partial charge in [-0.05, 0) is 6.07 Å². The van der Waals surface area contributed by atoms with Crippen LogP contribution in [0, 0.1) is 12.4 Å². The Labute approximate surface area is 96.5 Å². The zero-order chi connectivity index (χ0) is 12.4. The zero-order valence-corrected chi connectivity index (χ0v) is 8.95. The van der Waals surface area contributed by atoms with Crippen molar-refractivity contribution in [3.63, 3.8) is 0 Å². The van der Waals surface area contributed by atoms with Crippen LogP contribution in [0.4, 0.5) is 10.1 Å². The predicted octanol–water partition coefficient (Wildman–Crippen LogP) is 1.93. The Morgan fingerprint density at radius 2 is 2.12 bits per heavy atom. The molecule has 1 aromatic carbocycles. The average molecular weight is 237 g/mol. The van der Waals surface area contributed by atoms with Crippen LogP contribution in [0.1, 0.15) is 10.4 Å². The number of carbonyl (C=O) groups is 1. The van der Waals surface area contributed by atoms with Crippen LogP contribution >= 0.6 is 0 Å². The molecule has 5 nitrogen and oxygen atoms in total. The van der Waals surface area contributed by atoms with Gasteiger partial charge in [0.2, 0.25) is 0 Å². The van der Waals surface area contributed by atoms with E-state index in [1.165, 1.54) is 7.11 Å². The second kappa shape index (κ2) is 4.29. The first kappa shape index (κ1) is 11.2. The molecule has 0 unspecified atom stereocenters. The maximum atomic E-state index is 13.6. The van der Waals surface area contributed by atoms with E-state index in [0.29, 0.717) is 0 Å². The van der Waals surface area contributed by atoms with Crippen molar-refractivity contribution in [3.8, 4) is 11.5 Å². The number of esters is 1. The number of hydrogen-bond acceptors (Lipinski definition) is 4. The summed E-state index contributed by atoms with van der Waals surface area (Å²) in [5.74, 6) is -1.53. The summed E-state index contributed by atoms with van der Waals surface area (Å²) in [6.07, 6.45) is 0. The number of benzene rings is 1. The van der Waals surface area contributed by atoms with E-state index in [9.17, 15) is 9.18 Å². The molecule has 17 heavy (non-hydrogen) atoms. The zero-order valence-electron chi connectivity index (χ0n) is 8.95. The van der Waals surface area contributed by atoms with Gasteiger partial charge in [-0.3, -0.25) is 0 Å². The SMILES string of the molecule is [C-]#[N+]c1c(F)cc(C(=O)OC)c2c1OCCO2. The molecule has 0 bridgehead atoms. The molecule has 0 amide bonds. The van der Waals surface area contributed by atoms with E-state index in [0.717, 1.165) is 6.07 Å². The Bertz CT molecular complexity index is 521. The van der Waals surface area contributed by atoms with Crippen molar-refractivity contribution >= 4 is 11.7 Å². The molecule has 0 saturated heterocycles. The molecule has 1 aromatic rings. The Morgan fingerprint density at radius 3 is 2.71 bits per heavy atom. The van der Waals surface area contributed by atoms with Crippen LogP contribution < -0.4 is 9.47 Å². The monoisotopic (exact) mass is 237 g/mol. The highest BCUT2D eigenvalue weighted by Crippen LogP contribution is 2.44. The number of methoxy groups -OCH3 is 1. The van der Waals surface area contributed by atoms with E-state index < -0.39 is 11.8 Å². The van der Waals surface area contributed by atoms with Crippen molar-refractivity contribution in [3.05, 3.63) is 28.9 Å². The third-order valence-corrected chi connectivity index (χ3v) is 2.26. The largest absolute Gasteiger partial charge is 0.497 e. The van der Waals surface area contributed by atoms with Crippen LogP contribution in [0.15, 0.2) is 6.07 Å². The van der Waals surface area contributed by atoms with Gasteiger partial charge in [0.25, 0.3) is 5.69 Å². The molecule has 2 rings (SSSR count). The number of rotatable bonds is 1. The number of fused-ring (bicyclic) bond motifs is 1. The molecular formula is C11H8FNO4. The van der Waals surface area contributed by atoms with Crippen molar-refractivity contribution in [2.24, 2.45) is 0 Å². The molecule has 1 aliphatic rings. The summed E-state index contributed by atoms with van der Waals surface area (Å²) in [7, 11) is 1.18. The smallest absolute Gasteiger partial charge is 0.341 e. The maximum Gasteiger partial charge on any atom is 0.341 e. The van der Waals surface area contributed by atoms with Crippen molar-refractivity contribution in [2.75, 3.05) is 20.3 Å². The Hall–Kier alpha value is -2.29. The minimum Gasteiger partial charge on any atom is -0.497 e. The summed E-state index contributed by atoms with van der Waals surface area (Å²) in [6, 6.07) is 0.923. The molecule has 0 aliphatic carbocycles. The van der Waals surface area contributed by atoms with Gasteiger partial charge in [-0.25, -0.2) is 14.0 Å². The lowest BCUT2D eigenvalue weighted by Crippen LogP contribution is -2.18. The Morgan fingerprint density at radius 1 is 1.47 bits per heavy atom. The summed E-state index contributed by atoms with van der Waals surface area (Å²) >= 11 is 0. The number of nitrogens with zero attached hydrogens (tertiary/aromatic N) is 1. The molecule has 1 aliphatic heterocycles. The molecule has 0 N–H and O–H groups in total. The summed E-state index contributed by atoms with van der Waals surface area (Å²) in [6.45, 7) is 7.32. The Balaban J connectivity index is 2.67. The summed E-state index contributed by atoms with van der Waals surface area (Å²) in [5.41, 5.74) is -0.362. The van der Waals surface area contributed by atoms with Crippen molar-refractivity contribution in [1.29, 1.82) is 0 Å². The molecule has 6 heteroatoms. The van der Waals surface area contributed by atoms with Crippen molar-refractivity contribution < 1.29 is 23.4 Å². The van der Waals surface area contributed by atoms with E-state index in [1.807, 2.05) is 0 Å². The van der Waals surface area contributed by atoms with Crippen LogP contribution in [0.2, 0.25) is 0 Å². The first-order valence-electron chi connectivity index (χ1n) is 4.77. The first-order valence-corrected chi connectivity index (χ1v) is 4.77. The van der Waals surface area contributed by atoms with Gasteiger partial charge in [-0.2, -0.15) is 0 Å². The van der Waals surface area contributed by atoms with E-state index >= 15 is 0 Å². The molecule has 0 aromatic heterocycles. The molecule has 88 valence electrons. The van der Waals surface area contributed by atoms with E-state index in [1.54, 1.807) is 0 Å². The maximum absolute atomic E-state index is 13.6. The fraction of sp³-hybridized carbons (Fsp3) is 0.273. The van der Waals surface area contributed by atoms with Gasteiger partial charge in [0, 0.05) is 0 Å². The van der Waals surface area contributed by atoms with Crippen LogP contribution in [-0.2, 0) is 4.74 Å². The fourth-order valence-electron chi connectivity index (χ4n) is 1.53. The van der Waals surface area contributed by atoms with Gasteiger partial charge in [0.1, 0.15) is 24.6 Å². The van der Waals surface area contributed by atoms with Gasteiger partial charge in [-0.15, -0.1) is 0 Å². The average Bonchev–Trinajstić information content (AvgIpc) is 2.37. The van der Waals surface area contributed by atoms with E-state index in [4.69, 9.17) is 16.0 Å². The second-order valence-corrected chi connectivity index (χ2v) is 3.21. The van der Waals surface area contributed by atoms with Crippen LogP contribution in [0.25, 0.3) is 4.85 Å².